The zero-order chi connectivity index (χ0) is 14.9. The first-order valence-corrected chi connectivity index (χ1v) is 7.47. The number of nitrogens with two attached hydrogens (primary N) is 1. The van der Waals surface area contributed by atoms with Crippen molar-refractivity contribution in [2.45, 2.75) is 19.9 Å². The van der Waals surface area contributed by atoms with Crippen molar-refractivity contribution in [1.29, 1.82) is 0 Å². The summed E-state index contributed by atoms with van der Waals surface area (Å²) < 4.78 is 6.59. The Kier molecular flexibility index (Phi) is 4.74. The average molecular weight is 355 g/mol. The summed E-state index contributed by atoms with van der Waals surface area (Å²) in [5.41, 5.74) is 10.6. The minimum absolute atomic E-state index is 0.251. The van der Waals surface area contributed by atoms with Crippen LogP contribution in [-0.4, -0.2) is 7.11 Å². The van der Waals surface area contributed by atoms with Crippen LogP contribution in [0.4, 0.5) is 0 Å². The molecule has 0 aromatic heterocycles. The van der Waals surface area contributed by atoms with Crippen LogP contribution in [0.1, 0.15) is 28.3 Å². The Hall–Kier alpha value is -1.03. The van der Waals surface area contributed by atoms with Crippen molar-refractivity contribution >= 4 is 27.5 Å². The lowest BCUT2D eigenvalue weighted by Crippen LogP contribution is -2.15. The molecular formula is C16H17BrClNO. The summed E-state index contributed by atoms with van der Waals surface area (Å²) in [6, 6.07) is 9.39. The summed E-state index contributed by atoms with van der Waals surface area (Å²) in [6.45, 7) is 4.05. The lowest BCUT2D eigenvalue weighted by atomic mass is 9.93. The molecule has 2 rings (SSSR count). The van der Waals surface area contributed by atoms with Gasteiger partial charge in [0.1, 0.15) is 5.75 Å². The first kappa shape index (κ1) is 15.4. The number of ether oxygens (including phenoxy) is 1. The van der Waals surface area contributed by atoms with Gasteiger partial charge in [0, 0.05) is 15.1 Å². The van der Waals surface area contributed by atoms with Crippen LogP contribution in [0, 0.1) is 13.8 Å². The van der Waals surface area contributed by atoms with E-state index in [0.29, 0.717) is 5.02 Å². The monoisotopic (exact) mass is 353 g/mol. The molecule has 4 heteroatoms. The van der Waals surface area contributed by atoms with E-state index in [4.69, 9.17) is 22.1 Å². The number of benzene rings is 2. The van der Waals surface area contributed by atoms with Crippen molar-refractivity contribution in [3.8, 4) is 5.75 Å². The number of hydrogen-bond donors (Lipinski definition) is 1. The van der Waals surface area contributed by atoms with Crippen LogP contribution >= 0.6 is 27.5 Å². The molecule has 2 aromatic carbocycles. The second-order valence-corrected chi connectivity index (χ2v) is 6.07. The van der Waals surface area contributed by atoms with Crippen LogP contribution in [0.2, 0.25) is 5.02 Å². The van der Waals surface area contributed by atoms with Crippen LogP contribution in [-0.2, 0) is 0 Å². The Morgan fingerprint density at radius 1 is 1.20 bits per heavy atom. The molecule has 0 aliphatic rings. The number of aryl methyl sites for hydroxylation is 1. The molecule has 20 heavy (non-hydrogen) atoms. The SMILES string of the molecule is COc1c(C)cc(Br)c(C)c1C(N)c1ccc(Cl)cc1. The van der Waals surface area contributed by atoms with E-state index < -0.39 is 0 Å². The van der Waals surface area contributed by atoms with Crippen molar-refractivity contribution in [1.82, 2.24) is 0 Å². The highest BCUT2D eigenvalue weighted by Crippen LogP contribution is 2.37. The van der Waals surface area contributed by atoms with Crippen molar-refractivity contribution in [2.24, 2.45) is 5.73 Å². The molecule has 0 spiro atoms. The Balaban J connectivity index is 2.58. The van der Waals surface area contributed by atoms with Gasteiger partial charge in [0.25, 0.3) is 0 Å². The smallest absolute Gasteiger partial charge is 0.127 e. The summed E-state index contributed by atoms with van der Waals surface area (Å²) in [5, 5.41) is 0.704. The first-order chi connectivity index (χ1) is 9.45. The summed E-state index contributed by atoms with van der Waals surface area (Å²) in [7, 11) is 1.67. The van der Waals surface area contributed by atoms with E-state index >= 15 is 0 Å². The predicted molar refractivity (Wildman–Crippen MR) is 87.7 cm³/mol. The molecule has 0 radical (unpaired) electrons. The number of rotatable bonds is 3. The second-order valence-electron chi connectivity index (χ2n) is 4.78. The van der Waals surface area contributed by atoms with Gasteiger partial charge in [-0.1, -0.05) is 39.7 Å². The Labute approximate surface area is 133 Å². The van der Waals surface area contributed by atoms with Crippen LogP contribution in [0.5, 0.6) is 5.75 Å². The van der Waals surface area contributed by atoms with Crippen LogP contribution < -0.4 is 10.5 Å². The fourth-order valence-electron chi connectivity index (χ4n) is 2.36. The van der Waals surface area contributed by atoms with Crippen LogP contribution in [0.3, 0.4) is 0 Å². The fourth-order valence-corrected chi connectivity index (χ4v) is 3.04. The summed E-state index contributed by atoms with van der Waals surface area (Å²) in [5.74, 6) is 0.841. The number of methoxy groups -OCH3 is 1. The van der Waals surface area contributed by atoms with E-state index in [0.717, 1.165) is 32.5 Å². The molecule has 1 atom stereocenters. The molecule has 2 N–H and O–H groups in total. The van der Waals surface area contributed by atoms with Gasteiger partial charge in [-0.15, -0.1) is 0 Å². The Morgan fingerprint density at radius 3 is 2.35 bits per heavy atom. The molecule has 0 saturated heterocycles. The Bertz CT molecular complexity index is 625. The molecular weight excluding hydrogens is 338 g/mol. The highest BCUT2D eigenvalue weighted by Gasteiger charge is 2.20. The van der Waals surface area contributed by atoms with Gasteiger partial charge in [-0.3, -0.25) is 0 Å². The molecule has 0 heterocycles. The third-order valence-electron chi connectivity index (χ3n) is 3.45. The third-order valence-corrected chi connectivity index (χ3v) is 4.53. The third kappa shape index (κ3) is 2.85. The van der Waals surface area contributed by atoms with Crippen molar-refractivity contribution < 1.29 is 4.74 Å². The van der Waals surface area contributed by atoms with E-state index in [1.54, 1.807) is 7.11 Å². The molecule has 2 aromatic rings. The van der Waals surface area contributed by atoms with E-state index in [1.807, 2.05) is 44.2 Å². The lowest BCUT2D eigenvalue weighted by Gasteiger charge is -2.21. The number of hydrogen-bond acceptors (Lipinski definition) is 2. The molecule has 1 unspecified atom stereocenters. The summed E-state index contributed by atoms with van der Waals surface area (Å²) in [6.07, 6.45) is 0. The van der Waals surface area contributed by atoms with Gasteiger partial charge in [0.2, 0.25) is 0 Å². The average Bonchev–Trinajstić information content (AvgIpc) is 2.42. The molecule has 0 fully saturated rings. The normalized spacial score (nSPS) is 12.3. The van der Waals surface area contributed by atoms with Crippen molar-refractivity contribution in [3.05, 3.63) is 62.1 Å². The van der Waals surface area contributed by atoms with Crippen LogP contribution in [0.25, 0.3) is 0 Å². The lowest BCUT2D eigenvalue weighted by molar-refractivity contribution is 0.404. The van der Waals surface area contributed by atoms with E-state index in [2.05, 4.69) is 15.9 Å². The maximum Gasteiger partial charge on any atom is 0.127 e. The molecule has 0 bridgehead atoms. The zero-order valence-electron chi connectivity index (χ0n) is 11.7. The Morgan fingerprint density at radius 2 is 1.80 bits per heavy atom. The van der Waals surface area contributed by atoms with E-state index in [-0.39, 0.29) is 6.04 Å². The highest BCUT2D eigenvalue weighted by atomic mass is 79.9. The predicted octanol–water partition coefficient (Wildman–Crippen LogP) is 4.78. The maximum atomic E-state index is 6.44. The van der Waals surface area contributed by atoms with Gasteiger partial charge in [-0.2, -0.15) is 0 Å². The van der Waals surface area contributed by atoms with Crippen molar-refractivity contribution in [2.75, 3.05) is 7.11 Å². The minimum Gasteiger partial charge on any atom is -0.496 e. The molecule has 0 saturated carbocycles. The van der Waals surface area contributed by atoms with Gasteiger partial charge in [-0.25, -0.2) is 0 Å². The fraction of sp³-hybridized carbons (Fsp3) is 0.250. The quantitative estimate of drug-likeness (QED) is 0.861. The van der Waals surface area contributed by atoms with Gasteiger partial charge in [-0.05, 0) is 48.7 Å². The second kappa shape index (κ2) is 6.17. The van der Waals surface area contributed by atoms with Gasteiger partial charge >= 0.3 is 0 Å². The first-order valence-electron chi connectivity index (χ1n) is 6.30. The largest absolute Gasteiger partial charge is 0.496 e. The van der Waals surface area contributed by atoms with E-state index in [9.17, 15) is 0 Å². The zero-order valence-corrected chi connectivity index (χ0v) is 14.0. The van der Waals surface area contributed by atoms with Crippen LogP contribution in [0.15, 0.2) is 34.8 Å². The number of halogens is 2. The molecule has 106 valence electrons. The van der Waals surface area contributed by atoms with Gasteiger partial charge < -0.3 is 10.5 Å². The van der Waals surface area contributed by atoms with Gasteiger partial charge in [0.05, 0.1) is 13.2 Å². The van der Waals surface area contributed by atoms with E-state index in [1.165, 1.54) is 0 Å². The van der Waals surface area contributed by atoms with Gasteiger partial charge in [0.15, 0.2) is 0 Å². The summed E-state index contributed by atoms with van der Waals surface area (Å²) in [4.78, 5) is 0. The topological polar surface area (TPSA) is 35.2 Å². The molecule has 2 nitrogen and oxygen atoms in total. The molecule has 0 aliphatic carbocycles. The highest BCUT2D eigenvalue weighted by molar-refractivity contribution is 9.10. The minimum atomic E-state index is -0.251. The molecule has 0 amide bonds. The standard InChI is InChI=1S/C16H17BrClNO/c1-9-8-13(17)10(2)14(16(9)20-3)15(19)11-4-6-12(18)7-5-11/h4-8,15H,19H2,1-3H3. The molecule has 0 aliphatic heterocycles. The maximum absolute atomic E-state index is 6.44. The summed E-state index contributed by atoms with van der Waals surface area (Å²) >= 11 is 9.51. The van der Waals surface area contributed by atoms with Crippen molar-refractivity contribution in [3.63, 3.8) is 0 Å².